The second-order valence-corrected chi connectivity index (χ2v) is 20.4. The van der Waals surface area contributed by atoms with Crippen molar-refractivity contribution in [3.63, 3.8) is 0 Å². The highest BCUT2D eigenvalue weighted by atomic mass is 16.7. The van der Waals surface area contributed by atoms with Gasteiger partial charge < -0.3 is 94.3 Å². The highest BCUT2D eigenvalue weighted by Gasteiger charge is 2.56. The summed E-state index contributed by atoms with van der Waals surface area (Å²) in [6.45, 7) is -0.617. The monoisotopic (exact) mass is 1150 g/mol. The van der Waals surface area contributed by atoms with Gasteiger partial charge in [0.15, 0.2) is 12.6 Å². The molecular weight excluding hydrogens is 1080 g/mol. The zero-order chi connectivity index (χ0) is 58.9. The quantitative estimate of drug-likeness (QED) is 0.0499. The van der Waals surface area contributed by atoms with E-state index in [1.807, 2.05) is 0 Å². The summed E-state index contributed by atoms with van der Waals surface area (Å²) in [5.41, 5.74) is 1.26. The first-order chi connectivity index (χ1) is 40.0. The van der Waals surface area contributed by atoms with Crippen LogP contribution in [-0.2, 0) is 75.7 Å². The van der Waals surface area contributed by atoms with E-state index < -0.39 is 135 Å². The van der Waals surface area contributed by atoms with E-state index in [0.717, 1.165) is 4.90 Å². The molecule has 14 unspecified atom stereocenters. The number of hydrogen-bond donors (Lipinski definition) is 9. The second kappa shape index (κ2) is 29.4. The van der Waals surface area contributed by atoms with Gasteiger partial charge in [-0.05, 0) is 41.2 Å². The first-order valence-electron chi connectivity index (χ1n) is 26.8. The number of aliphatic hydroxyl groups is 5. The minimum Gasteiger partial charge on any atom is -0.445 e. The smallest absolute Gasteiger partial charge is 0.410 e. The molecular formula is C59H69N5O19. The van der Waals surface area contributed by atoms with Crippen LogP contribution in [0.15, 0.2) is 152 Å². The third kappa shape index (κ3) is 17.1. The van der Waals surface area contributed by atoms with E-state index in [9.17, 15) is 49.5 Å². The molecule has 5 aromatic rings. The Morgan fingerprint density at radius 1 is 0.518 bits per heavy atom. The number of amides is 5. The minimum absolute atomic E-state index is 0.112. The third-order valence-electron chi connectivity index (χ3n) is 14.1. The van der Waals surface area contributed by atoms with E-state index in [4.69, 9.17) is 42.6 Å². The number of aliphatic hydroxyl groups excluding tert-OH is 4. The van der Waals surface area contributed by atoms with Crippen molar-refractivity contribution in [3.05, 3.63) is 179 Å². The fraction of sp³-hybridized carbons (Fsp3) is 0.407. The average molecular weight is 1150 g/mol. The third-order valence-corrected chi connectivity index (χ3v) is 14.1. The van der Waals surface area contributed by atoms with Gasteiger partial charge >= 0.3 is 30.5 Å². The number of nitrogens with zero attached hydrogens (tertiary/aromatic N) is 1. The number of ether oxygens (including phenoxy) is 9. The summed E-state index contributed by atoms with van der Waals surface area (Å²) in [6, 6.07) is 37.7. The van der Waals surface area contributed by atoms with Crippen molar-refractivity contribution >= 4 is 30.5 Å². The molecule has 0 aromatic heterocycles. The van der Waals surface area contributed by atoms with Crippen LogP contribution in [0.25, 0.3) is 0 Å². The van der Waals surface area contributed by atoms with E-state index in [2.05, 4.69) is 21.3 Å². The van der Waals surface area contributed by atoms with Gasteiger partial charge in [0.2, 0.25) is 0 Å². The molecule has 5 aromatic carbocycles. The summed E-state index contributed by atoms with van der Waals surface area (Å²) in [4.78, 5) is 68.8. The standard InChI is InChI=1S/C59H69N5O19/c1-59(74)35-80-53(48(68)51(59)64(2)58(73)79-34-40-26-16-7-17-27-40)83-50-42(62-56(71)77-32-38-22-12-5-13-23-38)28-41(61-55(70)76-31-37-20-10-4-11-21-37)49(47(50)67)82-52-44(63-57(72)78-33-39-24-14-6-15-25-39)46(66)45(65)43(81-52)29-60-54(69)75-30-36-18-8-3-9-19-36/h3-27,41-53,65-68,74H,28-35H2,1-2H3,(H,60,69)(H,61,70)(H,62,71)(H,63,72). The number of nitrogens with one attached hydrogen (secondary N) is 4. The van der Waals surface area contributed by atoms with Gasteiger partial charge in [-0.1, -0.05) is 152 Å². The maximum Gasteiger partial charge on any atom is 0.410 e. The number of rotatable bonds is 20. The van der Waals surface area contributed by atoms with Crippen molar-refractivity contribution in [2.45, 2.75) is 131 Å². The van der Waals surface area contributed by atoms with Crippen molar-refractivity contribution in [1.82, 2.24) is 26.2 Å². The molecule has 1 aliphatic carbocycles. The van der Waals surface area contributed by atoms with Crippen LogP contribution in [-0.4, -0.2) is 166 Å². The Balaban J connectivity index is 1.10. The average Bonchev–Trinajstić information content (AvgIpc) is 3.36. The molecule has 8 rings (SSSR count). The summed E-state index contributed by atoms with van der Waals surface area (Å²) in [5, 5.41) is 70.4. The summed E-state index contributed by atoms with van der Waals surface area (Å²) in [6.07, 6.45) is -21.8. The molecule has 2 heterocycles. The lowest BCUT2D eigenvalue weighted by atomic mass is 9.83. The van der Waals surface area contributed by atoms with Gasteiger partial charge in [0.05, 0.1) is 24.7 Å². The number of carbonyl (C=O) groups is 5. The Morgan fingerprint density at radius 3 is 1.34 bits per heavy atom. The highest BCUT2D eigenvalue weighted by molar-refractivity contribution is 5.70. The van der Waals surface area contributed by atoms with Gasteiger partial charge in [0.25, 0.3) is 0 Å². The topological polar surface area (TPSA) is 321 Å². The van der Waals surface area contributed by atoms with Crippen LogP contribution in [0.3, 0.4) is 0 Å². The second-order valence-electron chi connectivity index (χ2n) is 20.4. The SMILES string of the molecule is CN(C(=O)OCc1ccccc1)C1C(O)C(OC2C(NC(=O)OCc3ccccc3)CC(NC(=O)OCc3ccccc3)C(OC3OC(CNC(=O)OCc4ccccc4)C(O)C(O)C3NC(=O)OCc3ccccc3)C2O)OCC1(C)O. The number of carbonyl (C=O) groups excluding carboxylic acids is 5. The van der Waals surface area contributed by atoms with E-state index in [0.29, 0.717) is 27.8 Å². The van der Waals surface area contributed by atoms with Crippen LogP contribution in [0.1, 0.15) is 41.2 Å². The Kier molecular flexibility index (Phi) is 21.6. The molecule has 83 heavy (non-hydrogen) atoms. The van der Waals surface area contributed by atoms with Gasteiger partial charge in [-0.2, -0.15) is 0 Å². The molecule has 14 atom stereocenters. The molecule has 2 aliphatic heterocycles. The molecule has 444 valence electrons. The Morgan fingerprint density at radius 2 is 0.904 bits per heavy atom. The summed E-state index contributed by atoms with van der Waals surface area (Å²) >= 11 is 0. The van der Waals surface area contributed by atoms with Crippen LogP contribution >= 0.6 is 0 Å². The van der Waals surface area contributed by atoms with Crippen molar-refractivity contribution in [1.29, 1.82) is 0 Å². The summed E-state index contributed by atoms with van der Waals surface area (Å²) < 4.78 is 52.8. The van der Waals surface area contributed by atoms with Crippen LogP contribution in [0.4, 0.5) is 24.0 Å². The van der Waals surface area contributed by atoms with E-state index in [1.54, 1.807) is 152 Å². The normalized spacial score (nSPS) is 27.6. The van der Waals surface area contributed by atoms with Crippen LogP contribution < -0.4 is 21.3 Å². The molecule has 2 saturated heterocycles. The van der Waals surface area contributed by atoms with Crippen molar-refractivity contribution in [2.24, 2.45) is 0 Å². The van der Waals surface area contributed by atoms with Crippen LogP contribution in [0.5, 0.6) is 0 Å². The van der Waals surface area contributed by atoms with Crippen molar-refractivity contribution in [3.8, 4) is 0 Å². The molecule has 24 heteroatoms. The first-order valence-corrected chi connectivity index (χ1v) is 26.8. The molecule has 1 saturated carbocycles. The van der Waals surface area contributed by atoms with Gasteiger partial charge in [-0.15, -0.1) is 0 Å². The lowest BCUT2D eigenvalue weighted by Gasteiger charge is -2.51. The lowest BCUT2D eigenvalue weighted by molar-refractivity contribution is -0.321. The zero-order valence-corrected chi connectivity index (χ0v) is 45.5. The predicted octanol–water partition coefficient (Wildman–Crippen LogP) is 3.88. The van der Waals surface area contributed by atoms with E-state index in [-0.39, 0.29) is 33.0 Å². The molecule has 0 spiro atoms. The first kappa shape index (κ1) is 61.2. The molecule has 0 bridgehead atoms. The molecule has 9 N–H and O–H groups in total. The number of likely N-dealkylation sites (N-methyl/N-ethyl adjacent to an activating group) is 1. The molecule has 5 amide bonds. The Hall–Kier alpha value is -7.91. The fourth-order valence-corrected chi connectivity index (χ4v) is 9.86. The molecule has 3 fully saturated rings. The van der Waals surface area contributed by atoms with Crippen LogP contribution in [0.2, 0.25) is 0 Å². The fourth-order valence-electron chi connectivity index (χ4n) is 9.86. The van der Waals surface area contributed by atoms with Crippen molar-refractivity contribution < 1.29 is 92.1 Å². The Bertz CT molecular complexity index is 2850. The maximum absolute atomic E-state index is 13.9. The predicted molar refractivity (Wildman–Crippen MR) is 291 cm³/mol. The van der Waals surface area contributed by atoms with Gasteiger partial charge in [0, 0.05) is 13.6 Å². The maximum atomic E-state index is 13.9. The Labute approximate surface area is 478 Å². The number of alkyl carbamates (subject to hydrolysis) is 4. The lowest BCUT2D eigenvalue weighted by Crippen LogP contribution is -2.71. The largest absolute Gasteiger partial charge is 0.445 e. The van der Waals surface area contributed by atoms with Gasteiger partial charge in [-0.3, -0.25) is 0 Å². The number of benzene rings is 5. The minimum atomic E-state index is -2.05. The molecule has 3 aliphatic rings. The summed E-state index contributed by atoms with van der Waals surface area (Å²) in [7, 11) is 1.30. The van der Waals surface area contributed by atoms with Crippen molar-refractivity contribution in [2.75, 3.05) is 20.2 Å². The van der Waals surface area contributed by atoms with Gasteiger partial charge in [-0.25, -0.2) is 24.0 Å². The van der Waals surface area contributed by atoms with E-state index in [1.165, 1.54) is 14.0 Å². The molecule has 0 radical (unpaired) electrons. The van der Waals surface area contributed by atoms with Crippen LogP contribution in [0, 0.1) is 0 Å². The zero-order valence-electron chi connectivity index (χ0n) is 45.5. The summed E-state index contributed by atoms with van der Waals surface area (Å²) in [5.74, 6) is 0. The van der Waals surface area contributed by atoms with E-state index >= 15 is 0 Å². The van der Waals surface area contributed by atoms with Gasteiger partial charge in [0.1, 0.15) is 87.4 Å². The number of hydrogen-bond acceptors (Lipinski definition) is 19. The molecule has 24 nitrogen and oxygen atoms in total. The highest BCUT2D eigenvalue weighted by Crippen LogP contribution is 2.35.